The highest BCUT2D eigenvalue weighted by Gasteiger charge is 2.21. The van der Waals surface area contributed by atoms with E-state index in [0.717, 1.165) is 18.0 Å². The molecule has 1 aromatic carbocycles. The van der Waals surface area contributed by atoms with Crippen molar-refractivity contribution in [2.24, 2.45) is 5.92 Å². The van der Waals surface area contributed by atoms with Crippen molar-refractivity contribution in [1.82, 2.24) is 10.3 Å². The van der Waals surface area contributed by atoms with Crippen LogP contribution in [-0.2, 0) is 0 Å². The Balaban J connectivity index is 1.87. The number of benzene rings is 1. The lowest BCUT2D eigenvalue weighted by Gasteiger charge is -2.28. The number of pyridine rings is 1. The Morgan fingerprint density at radius 1 is 1.14 bits per heavy atom. The summed E-state index contributed by atoms with van der Waals surface area (Å²) in [4.78, 5) is 4.50. The summed E-state index contributed by atoms with van der Waals surface area (Å²) < 4.78 is 0. The highest BCUT2D eigenvalue weighted by Crippen LogP contribution is 2.33. The van der Waals surface area contributed by atoms with E-state index in [2.05, 4.69) is 47.6 Å². The monoisotopic (exact) mass is 282 g/mol. The van der Waals surface area contributed by atoms with E-state index in [1.807, 2.05) is 6.20 Å². The van der Waals surface area contributed by atoms with Crippen LogP contribution in [0.4, 0.5) is 0 Å². The molecule has 1 saturated carbocycles. The van der Waals surface area contributed by atoms with Crippen LogP contribution in [0.5, 0.6) is 0 Å². The van der Waals surface area contributed by atoms with Crippen LogP contribution in [-0.4, -0.2) is 11.5 Å². The Morgan fingerprint density at radius 3 is 2.76 bits per heavy atom. The van der Waals surface area contributed by atoms with Crippen LogP contribution in [0, 0.1) is 5.92 Å². The van der Waals surface area contributed by atoms with Gasteiger partial charge in [0.05, 0.1) is 5.52 Å². The Morgan fingerprint density at radius 2 is 1.95 bits per heavy atom. The molecule has 0 aliphatic heterocycles. The maximum atomic E-state index is 4.50. The summed E-state index contributed by atoms with van der Waals surface area (Å²) in [5, 5.41) is 5.02. The summed E-state index contributed by atoms with van der Waals surface area (Å²) in [7, 11) is 0. The quantitative estimate of drug-likeness (QED) is 0.847. The number of hydrogen-bond donors (Lipinski definition) is 1. The Labute approximate surface area is 128 Å². The molecule has 3 rings (SSSR count). The zero-order valence-corrected chi connectivity index (χ0v) is 13.0. The van der Waals surface area contributed by atoms with E-state index >= 15 is 0 Å². The van der Waals surface area contributed by atoms with E-state index in [9.17, 15) is 0 Å². The molecule has 0 amide bonds. The predicted molar refractivity (Wildman–Crippen MR) is 89.4 cm³/mol. The maximum Gasteiger partial charge on any atom is 0.0705 e. The third-order valence-electron chi connectivity index (χ3n) is 4.80. The molecule has 0 bridgehead atoms. The van der Waals surface area contributed by atoms with Crippen molar-refractivity contribution in [2.75, 3.05) is 6.54 Å². The van der Waals surface area contributed by atoms with Crippen LogP contribution in [0.3, 0.4) is 0 Å². The maximum absolute atomic E-state index is 4.50. The summed E-state index contributed by atoms with van der Waals surface area (Å²) >= 11 is 0. The van der Waals surface area contributed by atoms with Gasteiger partial charge in [0, 0.05) is 17.6 Å². The van der Waals surface area contributed by atoms with Crippen LogP contribution in [0.15, 0.2) is 36.5 Å². The third kappa shape index (κ3) is 3.44. The SMILES string of the molecule is CCNC(CC1CCCCC1)c1ccnc2ccccc12. The molecule has 1 aromatic heterocycles. The van der Waals surface area contributed by atoms with Gasteiger partial charge in [-0.15, -0.1) is 0 Å². The first-order chi connectivity index (χ1) is 10.4. The standard InChI is InChI=1S/C19H26N2/c1-2-20-19(14-15-8-4-3-5-9-15)17-12-13-21-18-11-7-6-10-16(17)18/h6-7,10-13,15,19-20H,2-5,8-9,14H2,1H3. The van der Waals surface area contributed by atoms with Gasteiger partial charge in [-0.3, -0.25) is 4.98 Å². The lowest BCUT2D eigenvalue weighted by atomic mass is 9.83. The molecule has 0 spiro atoms. The smallest absolute Gasteiger partial charge is 0.0705 e. The Bertz CT molecular complexity index is 567. The number of hydrogen-bond acceptors (Lipinski definition) is 2. The zero-order chi connectivity index (χ0) is 14.5. The molecule has 1 aliphatic carbocycles. The molecule has 2 aromatic rings. The van der Waals surface area contributed by atoms with E-state index in [-0.39, 0.29) is 0 Å². The van der Waals surface area contributed by atoms with Gasteiger partial charge >= 0.3 is 0 Å². The highest BCUT2D eigenvalue weighted by atomic mass is 14.9. The molecule has 0 radical (unpaired) electrons. The van der Waals surface area contributed by atoms with Gasteiger partial charge < -0.3 is 5.32 Å². The van der Waals surface area contributed by atoms with Gasteiger partial charge in [0.2, 0.25) is 0 Å². The van der Waals surface area contributed by atoms with Crippen molar-refractivity contribution in [3.8, 4) is 0 Å². The van der Waals surface area contributed by atoms with Crippen LogP contribution in [0.25, 0.3) is 10.9 Å². The lowest BCUT2D eigenvalue weighted by Crippen LogP contribution is -2.24. The van der Waals surface area contributed by atoms with Crippen molar-refractivity contribution >= 4 is 10.9 Å². The molecule has 1 N–H and O–H groups in total. The predicted octanol–water partition coefficient (Wildman–Crippen LogP) is 4.86. The molecule has 1 unspecified atom stereocenters. The molecule has 2 heteroatoms. The Kier molecular flexibility index (Phi) is 4.87. The lowest BCUT2D eigenvalue weighted by molar-refractivity contribution is 0.302. The normalized spacial score (nSPS) is 18.0. The van der Waals surface area contributed by atoms with Gasteiger partial charge in [0.1, 0.15) is 0 Å². The second-order valence-electron chi connectivity index (χ2n) is 6.27. The molecule has 1 aliphatic rings. The van der Waals surface area contributed by atoms with Gasteiger partial charge in [0.25, 0.3) is 0 Å². The van der Waals surface area contributed by atoms with Crippen molar-refractivity contribution in [1.29, 1.82) is 0 Å². The summed E-state index contributed by atoms with van der Waals surface area (Å²) in [5.74, 6) is 0.884. The van der Waals surface area contributed by atoms with E-state index in [1.165, 1.54) is 49.5 Å². The minimum absolute atomic E-state index is 0.464. The van der Waals surface area contributed by atoms with Crippen molar-refractivity contribution in [3.63, 3.8) is 0 Å². The fraction of sp³-hybridized carbons (Fsp3) is 0.526. The molecule has 21 heavy (non-hydrogen) atoms. The van der Waals surface area contributed by atoms with Crippen molar-refractivity contribution in [3.05, 3.63) is 42.1 Å². The van der Waals surface area contributed by atoms with Gasteiger partial charge in [-0.05, 0) is 36.6 Å². The average molecular weight is 282 g/mol. The van der Waals surface area contributed by atoms with Gasteiger partial charge in [-0.25, -0.2) is 0 Å². The van der Waals surface area contributed by atoms with E-state index in [0.29, 0.717) is 6.04 Å². The Hall–Kier alpha value is -1.41. The molecule has 1 heterocycles. The molecule has 0 saturated heterocycles. The first-order valence-electron chi connectivity index (χ1n) is 8.45. The fourth-order valence-electron chi connectivity index (χ4n) is 3.74. The summed E-state index contributed by atoms with van der Waals surface area (Å²) in [6.07, 6.45) is 10.3. The summed E-state index contributed by atoms with van der Waals surface area (Å²) in [6.45, 7) is 3.23. The second-order valence-corrected chi connectivity index (χ2v) is 6.27. The fourth-order valence-corrected chi connectivity index (χ4v) is 3.74. The first kappa shape index (κ1) is 14.5. The second kappa shape index (κ2) is 7.04. The van der Waals surface area contributed by atoms with Crippen LogP contribution >= 0.6 is 0 Å². The number of para-hydroxylation sites is 1. The van der Waals surface area contributed by atoms with Crippen molar-refractivity contribution in [2.45, 2.75) is 51.5 Å². The summed E-state index contributed by atoms with van der Waals surface area (Å²) in [6, 6.07) is 11.2. The minimum Gasteiger partial charge on any atom is -0.310 e. The van der Waals surface area contributed by atoms with Crippen LogP contribution < -0.4 is 5.32 Å². The van der Waals surface area contributed by atoms with E-state index < -0.39 is 0 Å². The number of nitrogens with zero attached hydrogens (tertiary/aromatic N) is 1. The number of nitrogens with one attached hydrogen (secondary N) is 1. The molecule has 2 nitrogen and oxygen atoms in total. The molecular formula is C19H26N2. The molecule has 1 fully saturated rings. The topological polar surface area (TPSA) is 24.9 Å². The van der Waals surface area contributed by atoms with Crippen molar-refractivity contribution < 1.29 is 0 Å². The molecule has 1 atom stereocenters. The third-order valence-corrected chi connectivity index (χ3v) is 4.80. The molecular weight excluding hydrogens is 256 g/mol. The van der Waals surface area contributed by atoms with Crippen LogP contribution in [0.1, 0.15) is 57.1 Å². The van der Waals surface area contributed by atoms with E-state index in [4.69, 9.17) is 0 Å². The first-order valence-corrected chi connectivity index (χ1v) is 8.45. The number of rotatable bonds is 5. The summed E-state index contributed by atoms with van der Waals surface area (Å²) in [5.41, 5.74) is 2.54. The highest BCUT2D eigenvalue weighted by molar-refractivity contribution is 5.82. The van der Waals surface area contributed by atoms with Gasteiger partial charge in [0.15, 0.2) is 0 Å². The number of aromatic nitrogens is 1. The largest absolute Gasteiger partial charge is 0.310 e. The average Bonchev–Trinajstić information content (AvgIpc) is 2.55. The minimum atomic E-state index is 0.464. The molecule has 112 valence electrons. The number of fused-ring (bicyclic) bond motifs is 1. The van der Waals surface area contributed by atoms with Gasteiger partial charge in [-0.2, -0.15) is 0 Å². The van der Waals surface area contributed by atoms with E-state index in [1.54, 1.807) is 0 Å². The van der Waals surface area contributed by atoms with Gasteiger partial charge in [-0.1, -0.05) is 57.2 Å². The zero-order valence-electron chi connectivity index (χ0n) is 13.0. The van der Waals surface area contributed by atoms with Crippen LogP contribution in [0.2, 0.25) is 0 Å².